The molecule has 2 amide bonds. The number of halogens is 1. The van der Waals surface area contributed by atoms with E-state index in [4.69, 9.17) is 4.74 Å². The molecule has 2 aromatic carbocycles. The van der Waals surface area contributed by atoms with Crippen LogP contribution in [0.2, 0.25) is 0 Å². The van der Waals surface area contributed by atoms with Gasteiger partial charge in [0.1, 0.15) is 6.04 Å². The van der Waals surface area contributed by atoms with Gasteiger partial charge in [0.05, 0.1) is 17.9 Å². The number of anilines is 1. The smallest absolute Gasteiger partial charge is 0.235 e. The van der Waals surface area contributed by atoms with Gasteiger partial charge < -0.3 is 9.64 Å². The van der Waals surface area contributed by atoms with Crippen molar-refractivity contribution >= 4 is 45.3 Å². The summed E-state index contributed by atoms with van der Waals surface area (Å²) in [6, 6.07) is 13.8. The third kappa shape index (κ3) is 3.22. The topological polar surface area (TPSA) is 66.9 Å². The Bertz CT molecular complexity index is 1120. The first-order chi connectivity index (χ1) is 15.5. The van der Waals surface area contributed by atoms with E-state index < -0.39 is 17.9 Å². The molecule has 0 bridgehead atoms. The number of carbonyl (C=O) groups is 3. The summed E-state index contributed by atoms with van der Waals surface area (Å²) in [5.74, 6) is -1.86. The van der Waals surface area contributed by atoms with Gasteiger partial charge in [-0.15, -0.1) is 0 Å². The monoisotopic (exact) mass is 494 g/mol. The van der Waals surface area contributed by atoms with E-state index in [1.54, 1.807) is 19.2 Å². The number of Topliss-reactive ketones (excluding diaryl/α,β-unsaturated/α-hetero) is 1. The molecule has 3 heterocycles. The molecule has 0 spiro atoms. The molecule has 7 heteroatoms. The largest absolute Gasteiger partial charge is 0.385 e. The third-order valence-electron chi connectivity index (χ3n) is 6.62. The fourth-order valence-corrected chi connectivity index (χ4v) is 5.65. The second-order valence-corrected chi connectivity index (χ2v) is 9.28. The summed E-state index contributed by atoms with van der Waals surface area (Å²) in [6.07, 6.45) is 4.53. The molecule has 2 saturated heterocycles. The average molecular weight is 495 g/mol. The summed E-state index contributed by atoms with van der Waals surface area (Å²) in [7, 11) is 1.59. The maximum Gasteiger partial charge on any atom is 0.235 e. The highest BCUT2D eigenvalue weighted by molar-refractivity contribution is 9.10. The molecule has 0 N–H and O–H groups in total. The number of benzene rings is 2. The minimum absolute atomic E-state index is 0.132. The van der Waals surface area contributed by atoms with E-state index in [0.717, 1.165) is 15.7 Å². The minimum Gasteiger partial charge on any atom is -0.385 e. The first-order valence-corrected chi connectivity index (χ1v) is 11.5. The Morgan fingerprint density at radius 3 is 2.56 bits per heavy atom. The first-order valence-electron chi connectivity index (χ1n) is 10.7. The number of ether oxygens (including phenoxy) is 1. The summed E-state index contributed by atoms with van der Waals surface area (Å²) in [5.41, 5.74) is 2.37. The fraction of sp³-hybridized carbons (Fsp3) is 0.320. The van der Waals surface area contributed by atoms with E-state index in [1.165, 1.54) is 4.90 Å². The van der Waals surface area contributed by atoms with Crippen molar-refractivity contribution in [2.45, 2.75) is 18.5 Å². The molecule has 32 heavy (non-hydrogen) atoms. The van der Waals surface area contributed by atoms with Gasteiger partial charge >= 0.3 is 0 Å². The molecule has 3 aliphatic heterocycles. The average Bonchev–Trinajstić information content (AvgIpc) is 3.27. The van der Waals surface area contributed by atoms with Gasteiger partial charge in [-0.3, -0.25) is 19.3 Å². The van der Waals surface area contributed by atoms with Gasteiger partial charge in [0, 0.05) is 36.0 Å². The number of rotatable bonds is 6. The van der Waals surface area contributed by atoms with Crippen molar-refractivity contribution in [1.29, 1.82) is 0 Å². The maximum atomic E-state index is 13.8. The van der Waals surface area contributed by atoms with Crippen LogP contribution >= 0.6 is 15.9 Å². The van der Waals surface area contributed by atoms with Crippen LogP contribution in [0.5, 0.6) is 0 Å². The number of ketones is 1. The first kappa shape index (κ1) is 21.1. The van der Waals surface area contributed by atoms with E-state index in [1.807, 2.05) is 53.5 Å². The van der Waals surface area contributed by atoms with E-state index >= 15 is 0 Å². The highest BCUT2D eigenvalue weighted by atomic mass is 79.9. The number of hydrogen-bond donors (Lipinski definition) is 0. The summed E-state index contributed by atoms with van der Waals surface area (Å²) >= 11 is 3.50. The Kier molecular flexibility index (Phi) is 5.47. The summed E-state index contributed by atoms with van der Waals surface area (Å²) in [4.78, 5) is 44.0. The van der Waals surface area contributed by atoms with Crippen LogP contribution < -0.4 is 4.90 Å². The molecule has 0 radical (unpaired) electrons. The molecule has 0 unspecified atom stereocenters. The number of nitrogens with zero attached hydrogens (tertiary/aromatic N) is 2. The molecule has 2 aromatic rings. The number of imide groups is 1. The van der Waals surface area contributed by atoms with Gasteiger partial charge in [-0.05, 0) is 30.2 Å². The van der Waals surface area contributed by atoms with Crippen LogP contribution in [0.4, 0.5) is 5.69 Å². The Morgan fingerprint density at radius 2 is 1.81 bits per heavy atom. The van der Waals surface area contributed by atoms with Crippen LogP contribution in [0.3, 0.4) is 0 Å². The molecule has 0 saturated carbocycles. The minimum atomic E-state index is -0.735. The molecule has 3 aliphatic rings. The molecule has 164 valence electrons. The molecule has 4 atom stereocenters. The Balaban J connectivity index is 1.59. The summed E-state index contributed by atoms with van der Waals surface area (Å²) in [5, 5.41) is 0. The van der Waals surface area contributed by atoms with E-state index in [-0.39, 0.29) is 23.6 Å². The third-order valence-corrected chi connectivity index (χ3v) is 7.11. The molecule has 2 fully saturated rings. The van der Waals surface area contributed by atoms with Crippen molar-refractivity contribution in [1.82, 2.24) is 4.90 Å². The van der Waals surface area contributed by atoms with Crippen LogP contribution in [0, 0.1) is 11.8 Å². The second-order valence-electron chi connectivity index (χ2n) is 8.36. The molecular formula is C25H23BrN2O4. The van der Waals surface area contributed by atoms with Crippen LogP contribution in [0.15, 0.2) is 59.1 Å². The summed E-state index contributed by atoms with van der Waals surface area (Å²) in [6.45, 7) is 0.779. The van der Waals surface area contributed by atoms with Crippen molar-refractivity contribution in [3.8, 4) is 0 Å². The van der Waals surface area contributed by atoms with Gasteiger partial charge in [-0.2, -0.15) is 0 Å². The van der Waals surface area contributed by atoms with Crippen LogP contribution in [0.1, 0.15) is 22.3 Å². The van der Waals surface area contributed by atoms with Gasteiger partial charge in [0.25, 0.3) is 0 Å². The van der Waals surface area contributed by atoms with Crippen LogP contribution in [-0.2, 0) is 14.3 Å². The molecular weight excluding hydrogens is 472 g/mol. The van der Waals surface area contributed by atoms with Crippen molar-refractivity contribution in [3.05, 3.63) is 70.2 Å². The van der Waals surface area contributed by atoms with E-state index in [0.29, 0.717) is 25.1 Å². The predicted octanol–water partition coefficient (Wildman–Crippen LogP) is 3.55. The quantitative estimate of drug-likeness (QED) is 0.349. The standard InChI is InChI=1S/C25H23BrN2O4/c1-32-13-5-12-27-24(30)20-19-10-8-16-14-17(26)9-11-18(16)28(19)22(21(20)25(27)31)23(29)15-6-3-2-4-7-15/h2-4,6-11,14,19-22H,5,12-13H2,1H3/t19-,20-,21-,22-/m1/s1. The Morgan fingerprint density at radius 1 is 1.06 bits per heavy atom. The summed E-state index contributed by atoms with van der Waals surface area (Å²) < 4.78 is 6.02. The van der Waals surface area contributed by atoms with Crippen molar-refractivity contribution in [3.63, 3.8) is 0 Å². The molecule has 6 nitrogen and oxygen atoms in total. The maximum absolute atomic E-state index is 13.8. The fourth-order valence-electron chi connectivity index (χ4n) is 5.27. The zero-order valence-corrected chi connectivity index (χ0v) is 19.2. The number of carbonyl (C=O) groups excluding carboxylic acids is 3. The second kappa shape index (κ2) is 8.30. The lowest BCUT2D eigenvalue weighted by atomic mass is 9.86. The number of methoxy groups -OCH3 is 1. The lowest BCUT2D eigenvalue weighted by Gasteiger charge is -2.36. The van der Waals surface area contributed by atoms with Crippen molar-refractivity contribution in [2.75, 3.05) is 25.2 Å². The van der Waals surface area contributed by atoms with Gasteiger partial charge in [0.2, 0.25) is 11.8 Å². The number of amides is 2. The Hall–Kier alpha value is -2.77. The molecule has 5 rings (SSSR count). The normalized spacial score (nSPS) is 25.7. The highest BCUT2D eigenvalue weighted by Crippen LogP contribution is 2.49. The van der Waals surface area contributed by atoms with Crippen LogP contribution in [-0.4, -0.2) is 54.8 Å². The predicted molar refractivity (Wildman–Crippen MR) is 124 cm³/mol. The van der Waals surface area contributed by atoms with E-state index in [2.05, 4.69) is 15.9 Å². The molecule has 0 aromatic heterocycles. The number of hydrogen-bond acceptors (Lipinski definition) is 5. The zero-order valence-electron chi connectivity index (χ0n) is 17.6. The van der Waals surface area contributed by atoms with Gasteiger partial charge in [-0.25, -0.2) is 0 Å². The van der Waals surface area contributed by atoms with Gasteiger partial charge in [0.15, 0.2) is 5.78 Å². The van der Waals surface area contributed by atoms with Crippen LogP contribution in [0.25, 0.3) is 6.08 Å². The zero-order chi connectivity index (χ0) is 22.4. The Labute approximate surface area is 195 Å². The molecule has 0 aliphatic carbocycles. The van der Waals surface area contributed by atoms with Crippen molar-refractivity contribution < 1.29 is 19.1 Å². The highest BCUT2D eigenvalue weighted by Gasteiger charge is 2.63. The SMILES string of the molecule is COCCCN1C(=O)[C@@H]2[C@H](C1=O)[C@H]1C=Cc3cc(Br)ccc3N1[C@H]2C(=O)c1ccccc1. The number of likely N-dealkylation sites (tertiary alicyclic amines) is 1. The van der Waals surface area contributed by atoms with Crippen molar-refractivity contribution in [2.24, 2.45) is 11.8 Å². The number of fused-ring (bicyclic) bond motifs is 5. The lowest BCUT2D eigenvalue weighted by Crippen LogP contribution is -2.48. The van der Waals surface area contributed by atoms with Gasteiger partial charge in [-0.1, -0.05) is 58.4 Å². The van der Waals surface area contributed by atoms with E-state index in [9.17, 15) is 14.4 Å². The lowest BCUT2D eigenvalue weighted by molar-refractivity contribution is -0.140.